The van der Waals surface area contributed by atoms with Crippen molar-refractivity contribution in [2.75, 3.05) is 5.73 Å². The molecule has 1 aromatic heterocycles. The normalized spacial score (nSPS) is 9.70. The van der Waals surface area contributed by atoms with Gasteiger partial charge < -0.3 is 15.6 Å². The van der Waals surface area contributed by atoms with Gasteiger partial charge in [0.05, 0.1) is 10.8 Å². The highest BCUT2D eigenvalue weighted by molar-refractivity contribution is 7.12. The van der Waals surface area contributed by atoms with Gasteiger partial charge >= 0.3 is 0 Å². The average molecular weight is 156 g/mol. The summed E-state index contributed by atoms with van der Waals surface area (Å²) >= 11 is 1.10. The van der Waals surface area contributed by atoms with Gasteiger partial charge in [-0.3, -0.25) is 0 Å². The number of carboxylic acids is 1. The van der Waals surface area contributed by atoms with E-state index in [2.05, 4.69) is 0 Å². The number of carbonyl (C=O) groups excluding carboxylic acids is 1. The first-order valence-corrected chi connectivity index (χ1v) is 3.56. The zero-order valence-electron chi connectivity index (χ0n) is 5.38. The van der Waals surface area contributed by atoms with Crippen molar-refractivity contribution in [1.29, 1.82) is 0 Å². The number of rotatable bonds is 1. The Kier molecular flexibility index (Phi) is 1.63. The number of carbonyl (C=O) groups is 1. The number of hydrogen-bond donors (Lipinski definition) is 1. The molecule has 3 nitrogen and oxygen atoms in total. The molecule has 4 heteroatoms. The molecule has 0 amide bonds. The second kappa shape index (κ2) is 2.30. The standard InChI is InChI=1S/C6H7NO2S/c1-3-4(7)2-10-5(3)6(8)9/h2H,7H2,1H3,(H,8,9)/p-1. The van der Waals surface area contributed by atoms with E-state index in [9.17, 15) is 9.90 Å². The van der Waals surface area contributed by atoms with Crippen LogP contribution in [0.1, 0.15) is 15.2 Å². The molecule has 1 rings (SSSR count). The molecule has 0 atom stereocenters. The molecule has 0 aromatic carbocycles. The van der Waals surface area contributed by atoms with Crippen LogP contribution in [0.2, 0.25) is 0 Å². The van der Waals surface area contributed by atoms with Crippen molar-refractivity contribution >= 4 is 23.0 Å². The van der Waals surface area contributed by atoms with Crippen molar-refractivity contribution < 1.29 is 9.90 Å². The molecule has 54 valence electrons. The van der Waals surface area contributed by atoms with Crippen LogP contribution in [-0.2, 0) is 0 Å². The molecule has 0 saturated carbocycles. The fraction of sp³-hybridized carbons (Fsp3) is 0.167. The molecule has 2 N–H and O–H groups in total. The molecule has 0 spiro atoms. The van der Waals surface area contributed by atoms with Gasteiger partial charge in [0.2, 0.25) is 0 Å². The Morgan fingerprint density at radius 1 is 1.80 bits per heavy atom. The third kappa shape index (κ3) is 0.974. The van der Waals surface area contributed by atoms with Gasteiger partial charge in [0.1, 0.15) is 0 Å². The SMILES string of the molecule is Cc1c(N)csc1C(=O)[O-]. The minimum Gasteiger partial charge on any atom is -0.544 e. The Hall–Kier alpha value is -1.03. The number of nitrogen functional groups attached to an aromatic ring is 1. The zero-order valence-corrected chi connectivity index (χ0v) is 6.20. The molecular weight excluding hydrogens is 150 g/mol. The first kappa shape index (κ1) is 7.08. The highest BCUT2D eigenvalue weighted by Gasteiger charge is 2.03. The highest BCUT2D eigenvalue weighted by Crippen LogP contribution is 2.22. The van der Waals surface area contributed by atoms with Gasteiger partial charge in [0.25, 0.3) is 0 Å². The number of hydrogen-bond acceptors (Lipinski definition) is 4. The molecule has 10 heavy (non-hydrogen) atoms. The summed E-state index contributed by atoms with van der Waals surface area (Å²) in [6, 6.07) is 0. The summed E-state index contributed by atoms with van der Waals surface area (Å²) in [6.07, 6.45) is 0. The number of anilines is 1. The van der Waals surface area contributed by atoms with Gasteiger partial charge in [-0.25, -0.2) is 0 Å². The molecule has 0 aliphatic rings. The Labute approximate surface area is 62.1 Å². The fourth-order valence-corrected chi connectivity index (χ4v) is 1.44. The molecule has 0 unspecified atom stereocenters. The second-order valence-corrected chi connectivity index (χ2v) is 2.81. The van der Waals surface area contributed by atoms with Crippen LogP contribution in [0.5, 0.6) is 0 Å². The third-order valence-corrected chi connectivity index (χ3v) is 2.34. The summed E-state index contributed by atoms with van der Waals surface area (Å²) in [7, 11) is 0. The van der Waals surface area contributed by atoms with Crippen LogP contribution in [-0.4, -0.2) is 5.97 Å². The van der Waals surface area contributed by atoms with Crippen molar-refractivity contribution in [2.45, 2.75) is 6.92 Å². The average Bonchev–Trinajstić information content (AvgIpc) is 2.14. The highest BCUT2D eigenvalue weighted by atomic mass is 32.1. The first-order valence-electron chi connectivity index (χ1n) is 2.68. The molecule has 0 bridgehead atoms. The largest absolute Gasteiger partial charge is 0.544 e. The summed E-state index contributed by atoms with van der Waals surface area (Å²) in [5.74, 6) is -1.15. The molecule has 0 aliphatic heterocycles. The zero-order chi connectivity index (χ0) is 7.72. The first-order chi connectivity index (χ1) is 4.63. The summed E-state index contributed by atoms with van der Waals surface area (Å²) in [6.45, 7) is 1.66. The lowest BCUT2D eigenvalue weighted by Gasteiger charge is -1.98. The second-order valence-electron chi connectivity index (χ2n) is 1.93. The molecule has 0 radical (unpaired) electrons. The monoisotopic (exact) mass is 156 g/mol. The van der Waals surface area contributed by atoms with Gasteiger partial charge in [-0.15, -0.1) is 11.3 Å². The van der Waals surface area contributed by atoms with E-state index in [0.29, 0.717) is 11.3 Å². The Balaban J connectivity index is 3.17. The Morgan fingerprint density at radius 3 is 2.60 bits per heavy atom. The maximum atomic E-state index is 10.3. The lowest BCUT2D eigenvalue weighted by Crippen LogP contribution is -2.21. The maximum absolute atomic E-state index is 10.3. The molecule has 0 saturated heterocycles. The topological polar surface area (TPSA) is 66.2 Å². The lowest BCUT2D eigenvalue weighted by molar-refractivity contribution is -0.254. The van der Waals surface area contributed by atoms with E-state index in [-0.39, 0.29) is 4.88 Å². The Morgan fingerprint density at radius 2 is 2.40 bits per heavy atom. The van der Waals surface area contributed by atoms with E-state index in [4.69, 9.17) is 5.73 Å². The smallest absolute Gasteiger partial charge is 0.0818 e. The lowest BCUT2D eigenvalue weighted by atomic mass is 10.2. The van der Waals surface area contributed by atoms with Gasteiger partial charge in [-0.2, -0.15) is 0 Å². The van der Waals surface area contributed by atoms with Crippen LogP contribution in [0.4, 0.5) is 5.69 Å². The van der Waals surface area contributed by atoms with Crippen LogP contribution in [0.3, 0.4) is 0 Å². The summed E-state index contributed by atoms with van der Waals surface area (Å²) < 4.78 is 0. The molecule has 1 heterocycles. The van der Waals surface area contributed by atoms with E-state index >= 15 is 0 Å². The van der Waals surface area contributed by atoms with Crippen LogP contribution in [0.15, 0.2) is 5.38 Å². The fourth-order valence-electron chi connectivity index (χ4n) is 0.631. The summed E-state index contributed by atoms with van der Waals surface area (Å²) in [5.41, 5.74) is 6.52. The predicted molar refractivity (Wildman–Crippen MR) is 37.8 cm³/mol. The minimum atomic E-state index is -1.15. The van der Waals surface area contributed by atoms with Gasteiger partial charge in [0, 0.05) is 11.1 Å². The van der Waals surface area contributed by atoms with Crippen LogP contribution >= 0.6 is 11.3 Å². The number of nitrogens with two attached hydrogens (primary N) is 1. The summed E-state index contributed by atoms with van der Waals surface area (Å²) in [5, 5.41) is 11.9. The number of thiophene rings is 1. The van der Waals surface area contributed by atoms with Crippen molar-refractivity contribution in [1.82, 2.24) is 0 Å². The Bertz CT molecular complexity index is 267. The maximum Gasteiger partial charge on any atom is 0.0818 e. The van der Waals surface area contributed by atoms with Crippen LogP contribution in [0.25, 0.3) is 0 Å². The van der Waals surface area contributed by atoms with E-state index in [1.807, 2.05) is 0 Å². The van der Waals surface area contributed by atoms with Crippen molar-refractivity contribution in [3.8, 4) is 0 Å². The van der Waals surface area contributed by atoms with Crippen molar-refractivity contribution in [3.63, 3.8) is 0 Å². The van der Waals surface area contributed by atoms with Crippen LogP contribution < -0.4 is 10.8 Å². The van der Waals surface area contributed by atoms with Crippen molar-refractivity contribution in [2.24, 2.45) is 0 Å². The van der Waals surface area contributed by atoms with E-state index in [1.165, 1.54) is 0 Å². The van der Waals surface area contributed by atoms with Crippen molar-refractivity contribution in [3.05, 3.63) is 15.8 Å². The van der Waals surface area contributed by atoms with Gasteiger partial charge in [-0.1, -0.05) is 0 Å². The third-order valence-electron chi connectivity index (χ3n) is 1.26. The quantitative estimate of drug-likeness (QED) is 0.622. The van der Waals surface area contributed by atoms with E-state index in [0.717, 1.165) is 11.3 Å². The van der Waals surface area contributed by atoms with E-state index in [1.54, 1.807) is 12.3 Å². The van der Waals surface area contributed by atoms with Gasteiger partial charge in [0.15, 0.2) is 0 Å². The summed E-state index contributed by atoms with van der Waals surface area (Å²) in [4.78, 5) is 10.5. The predicted octanol–water partition coefficient (Wildman–Crippen LogP) is 0.00222. The van der Waals surface area contributed by atoms with Crippen LogP contribution in [0, 0.1) is 6.92 Å². The number of carboxylic acid groups (broad SMARTS) is 1. The molecular formula is C6H6NO2S-. The van der Waals surface area contributed by atoms with Gasteiger partial charge in [-0.05, 0) is 12.5 Å². The molecule has 1 aromatic rings. The number of aromatic carboxylic acids is 1. The molecule has 0 aliphatic carbocycles. The molecule has 0 fully saturated rings. The van der Waals surface area contributed by atoms with E-state index < -0.39 is 5.97 Å². The minimum absolute atomic E-state index is 0.220.